The van der Waals surface area contributed by atoms with Gasteiger partial charge >= 0.3 is 0 Å². The van der Waals surface area contributed by atoms with Crippen LogP contribution in [0.1, 0.15) is 13.8 Å². The van der Waals surface area contributed by atoms with Crippen molar-refractivity contribution < 1.29 is 13.3 Å². The van der Waals surface area contributed by atoms with Gasteiger partial charge in [-0.1, -0.05) is 0 Å². The van der Waals surface area contributed by atoms with Crippen molar-refractivity contribution in [2.45, 2.75) is 24.3 Å². The molecule has 0 fully saturated rings. The lowest BCUT2D eigenvalue weighted by Crippen LogP contribution is -2.39. The van der Waals surface area contributed by atoms with Gasteiger partial charge in [0.15, 0.2) is 9.84 Å². The normalized spacial score (nSPS) is 12.2. The van der Waals surface area contributed by atoms with Crippen molar-refractivity contribution in [3.63, 3.8) is 0 Å². The SMILES string of the molecule is CC(C)(N)CNc1ccc(S(C)(=O)=O)cc1[N+](=O)[O-]. The highest BCUT2D eigenvalue weighted by Crippen LogP contribution is 2.27. The zero-order valence-corrected chi connectivity index (χ0v) is 11.8. The van der Waals surface area contributed by atoms with Crippen molar-refractivity contribution in [3.8, 4) is 0 Å². The zero-order valence-electron chi connectivity index (χ0n) is 11.0. The van der Waals surface area contributed by atoms with Gasteiger partial charge in [0.05, 0.1) is 9.82 Å². The molecule has 1 aromatic rings. The van der Waals surface area contributed by atoms with E-state index in [1.54, 1.807) is 13.8 Å². The van der Waals surface area contributed by atoms with Crippen molar-refractivity contribution in [1.29, 1.82) is 0 Å². The summed E-state index contributed by atoms with van der Waals surface area (Å²) in [5, 5.41) is 13.8. The maximum Gasteiger partial charge on any atom is 0.293 e. The fourth-order valence-corrected chi connectivity index (χ4v) is 2.01. The molecule has 0 bridgehead atoms. The summed E-state index contributed by atoms with van der Waals surface area (Å²) in [6.07, 6.45) is 1.00. The molecular formula is C11H17N3O4S. The number of nitro groups is 1. The number of sulfone groups is 1. The van der Waals surface area contributed by atoms with Gasteiger partial charge in [0.25, 0.3) is 5.69 Å². The molecule has 0 unspecified atom stereocenters. The maximum atomic E-state index is 11.4. The molecule has 0 aliphatic rings. The van der Waals surface area contributed by atoms with Gasteiger partial charge in [-0.3, -0.25) is 10.1 Å². The van der Waals surface area contributed by atoms with Crippen molar-refractivity contribution in [2.75, 3.05) is 18.1 Å². The first-order valence-corrected chi connectivity index (χ1v) is 7.41. The molecule has 3 N–H and O–H groups in total. The molecule has 0 aliphatic heterocycles. The van der Waals surface area contributed by atoms with Crippen molar-refractivity contribution in [1.82, 2.24) is 0 Å². The molecular weight excluding hydrogens is 270 g/mol. The second-order valence-corrected chi connectivity index (χ2v) is 7.07. The van der Waals surface area contributed by atoms with Crippen LogP contribution in [0.25, 0.3) is 0 Å². The summed E-state index contributed by atoms with van der Waals surface area (Å²) in [6.45, 7) is 3.87. The Morgan fingerprint density at radius 3 is 2.42 bits per heavy atom. The van der Waals surface area contributed by atoms with Crippen LogP contribution in [-0.4, -0.2) is 31.7 Å². The summed E-state index contributed by atoms with van der Waals surface area (Å²) >= 11 is 0. The van der Waals surface area contributed by atoms with Gasteiger partial charge in [0.2, 0.25) is 0 Å². The highest BCUT2D eigenvalue weighted by Gasteiger charge is 2.20. The van der Waals surface area contributed by atoms with Crippen LogP contribution in [0.4, 0.5) is 11.4 Å². The topological polar surface area (TPSA) is 115 Å². The first kappa shape index (κ1) is 15.4. The van der Waals surface area contributed by atoms with Crippen molar-refractivity contribution in [2.24, 2.45) is 5.73 Å². The van der Waals surface area contributed by atoms with Gasteiger partial charge in [-0.25, -0.2) is 8.42 Å². The van der Waals surface area contributed by atoms with Gasteiger partial charge < -0.3 is 11.1 Å². The lowest BCUT2D eigenvalue weighted by Gasteiger charge is -2.19. The van der Waals surface area contributed by atoms with E-state index in [0.717, 1.165) is 12.3 Å². The molecule has 0 saturated carbocycles. The molecule has 0 radical (unpaired) electrons. The van der Waals surface area contributed by atoms with Gasteiger partial charge in [0.1, 0.15) is 5.69 Å². The molecule has 0 spiro atoms. The van der Waals surface area contributed by atoms with Crippen LogP contribution in [0.3, 0.4) is 0 Å². The standard InChI is InChI=1S/C11H17N3O4S/c1-11(2,12)7-13-9-5-4-8(19(3,17)18)6-10(9)14(15)16/h4-6,13H,7,12H2,1-3H3. The van der Waals surface area contributed by atoms with E-state index in [1.807, 2.05) is 0 Å². The molecule has 0 atom stereocenters. The molecule has 1 aromatic carbocycles. The molecule has 0 amide bonds. The van der Waals surface area contributed by atoms with Crippen LogP contribution in [0.2, 0.25) is 0 Å². The number of anilines is 1. The van der Waals surface area contributed by atoms with Crippen LogP contribution in [0, 0.1) is 10.1 Å². The number of hydrogen-bond donors (Lipinski definition) is 2. The fraction of sp³-hybridized carbons (Fsp3) is 0.455. The summed E-state index contributed by atoms with van der Waals surface area (Å²) in [7, 11) is -3.48. The molecule has 106 valence electrons. The monoisotopic (exact) mass is 287 g/mol. The molecule has 0 saturated heterocycles. The molecule has 0 aromatic heterocycles. The molecule has 7 nitrogen and oxygen atoms in total. The predicted molar refractivity (Wildman–Crippen MR) is 73.0 cm³/mol. The summed E-state index contributed by atoms with van der Waals surface area (Å²) in [5.41, 5.74) is 5.20. The Labute approximate surface area is 111 Å². The van der Waals surface area contributed by atoms with Crippen LogP contribution < -0.4 is 11.1 Å². The van der Waals surface area contributed by atoms with Gasteiger partial charge in [-0.2, -0.15) is 0 Å². The van der Waals surface area contributed by atoms with Crippen LogP contribution in [-0.2, 0) is 9.84 Å². The quantitative estimate of drug-likeness (QED) is 0.620. The Balaban J connectivity index is 3.16. The van der Waals surface area contributed by atoms with E-state index in [2.05, 4.69) is 5.32 Å². The van der Waals surface area contributed by atoms with E-state index < -0.39 is 20.3 Å². The summed E-state index contributed by atoms with van der Waals surface area (Å²) in [4.78, 5) is 10.3. The first-order chi connectivity index (χ1) is 8.50. The third-order valence-electron chi connectivity index (χ3n) is 2.33. The van der Waals surface area contributed by atoms with Crippen LogP contribution in [0.5, 0.6) is 0 Å². The smallest absolute Gasteiger partial charge is 0.293 e. The average molecular weight is 287 g/mol. The third-order valence-corrected chi connectivity index (χ3v) is 3.44. The van der Waals surface area contributed by atoms with E-state index >= 15 is 0 Å². The Morgan fingerprint density at radius 1 is 1.42 bits per heavy atom. The van der Waals surface area contributed by atoms with Crippen LogP contribution >= 0.6 is 0 Å². The number of hydrogen-bond acceptors (Lipinski definition) is 6. The Kier molecular flexibility index (Phi) is 4.16. The minimum Gasteiger partial charge on any atom is -0.378 e. The van der Waals surface area contributed by atoms with Gasteiger partial charge in [-0.05, 0) is 26.0 Å². The van der Waals surface area contributed by atoms with Gasteiger partial charge in [-0.15, -0.1) is 0 Å². The highest BCUT2D eigenvalue weighted by molar-refractivity contribution is 7.90. The summed E-state index contributed by atoms with van der Waals surface area (Å²) in [6, 6.07) is 3.75. The van der Waals surface area contributed by atoms with Crippen molar-refractivity contribution in [3.05, 3.63) is 28.3 Å². The van der Waals surface area contributed by atoms with E-state index in [1.165, 1.54) is 12.1 Å². The second kappa shape index (κ2) is 5.14. The Bertz CT molecular complexity index is 590. The predicted octanol–water partition coefficient (Wildman–Crippen LogP) is 1.15. The molecule has 19 heavy (non-hydrogen) atoms. The van der Waals surface area contributed by atoms with E-state index in [-0.39, 0.29) is 16.3 Å². The lowest BCUT2D eigenvalue weighted by molar-refractivity contribution is -0.384. The van der Waals surface area contributed by atoms with Crippen LogP contribution in [0.15, 0.2) is 23.1 Å². The van der Waals surface area contributed by atoms with E-state index in [4.69, 9.17) is 5.73 Å². The van der Waals surface area contributed by atoms with E-state index in [0.29, 0.717) is 6.54 Å². The van der Waals surface area contributed by atoms with Crippen molar-refractivity contribution >= 4 is 21.2 Å². The minimum atomic E-state index is -3.48. The highest BCUT2D eigenvalue weighted by atomic mass is 32.2. The number of benzene rings is 1. The average Bonchev–Trinajstić information content (AvgIpc) is 2.23. The first-order valence-electron chi connectivity index (χ1n) is 5.52. The summed E-state index contributed by atoms with van der Waals surface area (Å²) < 4.78 is 22.7. The molecule has 0 heterocycles. The fourth-order valence-electron chi connectivity index (χ4n) is 1.37. The Hall–Kier alpha value is -1.67. The van der Waals surface area contributed by atoms with E-state index in [9.17, 15) is 18.5 Å². The third kappa shape index (κ3) is 4.49. The number of nitrogens with two attached hydrogens (primary N) is 1. The summed E-state index contributed by atoms with van der Waals surface area (Å²) in [5.74, 6) is 0. The number of nitrogens with one attached hydrogen (secondary N) is 1. The molecule has 1 rings (SSSR count). The molecule has 8 heteroatoms. The number of nitro benzene ring substituents is 1. The number of rotatable bonds is 5. The Morgan fingerprint density at radius 2 is 2.00 bits per heavy atom. The minimum absolute atomic E-state index is 0.0863. The molecule has 0 aliphatic carbocycles. The maximum absolute atomic E-state index is 11.4. The number of nitrogens with zero attached hydrogens (tertiary/aromatic N) is 1. The largest absolute Gasteiger partial charge is 0.378 e. The lowest BCUT2D eigenvalue weighted by atomic mass is 10.1. The zero-order chi connectivity index (χ0) is 14.8. The van der Waals surface area contributed by atoms with Gasteiger partial charge in [0, 0.05) is 24.4 Å². The second-order valence-electron chi connectivity index (χ2n) is 5.05.